The fourth-order valence-corrected chi connectivity index (χ4v) is 3.07. The topological polar surface area (TPSA) is 48.3 Å². The van der Waals surface area contributed by atoms with E-state index in [-0.39, 0.29) is 10.8 Å². The lowest BCUT2D eigenvalue weighted by Crippen LogP contribution is -2.14. The second-order valence-electron chi connectivity index (χ2n) is 3.49. The van der Waals surface area contributed by atoms with Crippen molar-refractivity contribution in [1.29, 1.82) is 0 Å². The zero-order chi connectivity index (χ0) is 12.4. The molecule has 2 aromatic heterocycles. The first-order chi connectivity index (χ1) is 8.11. The summed E-state index contributed by atoms with van der Waals surface area (Å²) in [5, 5.41) is 1.83. The van der Waals surface area contributed by atoms with Crippen molar-refractivity contribution in [3.8, 4) is 0 Å². The Hall–Kier alpha value is -1.40. The summed E-state index contributed by atoms with van der Waals surface area (Å²) < 4.78 is 6.33. The number of rotatable bonds is 3. The average Bonchev–Trinajstić information content (AvgIpc) is 2.90. The van der Waals surface area contributed by atoms with E-state index in [1.165, 1.54) is 29.8 Å². The zero-order valence-electron chi connectivity index (χ0n) is 9.43. The van der Waals surface area contributed by atoms with Crippen molar-refractivity contribution in [3.63, 3.8) is 0 Å². The van der Waals surface area contributed by atoms with E-state index in [2.05, 4.69) is 4.74 Å². The molecule has 2 heterocycles. The van der Waals surface area contributed by atoms with Crippen molar-refractivity contribution in [1.82, 2.24) is 4.57 Å². The van der Waals surface area contributed by atoms with Gasteiger partial charge in [0.05, 0.1) is 13.7 Å². The van der Waals surface area contributed by atoms with Gasteiger partial charge < -0.3 is 4.74 Å². The third-order valence-corrected chi connectivity index (χ3v) is 4.27. The molecule has 4 nitrogen and oxygen atoms in total. The van der Waals surface area contributed by atoms with E-state index < -0.39 is 0 Å². The van der Waals surface area contributed by atoms with Crippen LogP contribution in [0.2, 0.25) is 0 Å². The van der Waals surface area contributed by atoms with Gasteiger partial charge in [-0.05, 0) is 19.1 Å². The van der Waals surface area contributed by atoms with Crippen LogP contribution >= 0.6 is 22.7 Å². The Kier molecular flexibility index (Phi) is 3.44. The maximum absolute atomic E-state index is 11.5. The number of carbonyl (C=O) groups is 1. The molecule has 0 aromatic carbocycles. The Bertz CT molecular complexity index is 594. The van der Waals surface area contributed by atoms with Gasteiger partial charge in [0.1, 0.15) is 4.88 Å². The van der Waals surface area contributed by atoms with Crippen molar-refractivity contribution >= 4 is 28.6 Å². The molecule has 0 spiro atoms. The van der Waals surface area contributed by atoms with Crippen LogP contribution in [-0.2, 0) is 11.3 Å². The molecule has 0 aliphatic carbocycles. The van der Waals surface area contributed by atoms with Gasteiger partial charge in [-0.1, -0.05) is 11.3 Å². The van der Waals surface area contributed by atoms with E-state index >= 15 is 0 Å². The molecule has 0 atom stereocenters. The SMILES string of the molecule is COC(=O)c1ccc(Cn2c(C)csc2=O)s1. The summed E-state index contributed by atoms with van der Waals surface area (Å²) in [6.07, 6.45) is 0. The number of hydrogen-bond acceptors (Lipinski definition) is 5. The van der Waals surface area contributed by atoms with Gasteiger partial charge in [0.15, 0.2) is 0 Å². The number of aromatic nitrogens is 1. The van der Waals surface area contributed by atoms with Crippen LogP contribution in [0, 0.1) is 6.92 Å². The highest BCUT2D eigenvalue weighted by Crippen LogP contribution is 2.18. The normalized spacial score (nSPS) is 10.5. The number of esters is 1. The zero-order valence-corrected chi connectivity index (χ0v) is 11.1. The number of methoxy groups -OCH3 is 1. The number of hydrogen-bond donors (Lipinski definition) is 0. The number of nitrogens with zero attached hydrogens (tertiary/aromatic N) is 1. The Morgan fingerprint density at radius 3 is 2.82 bits per heavy atom. The summed E-state index contributed by atoms with van der Waals surface area (Å²) in [5.41, 5.74) is 0.938. The molecule has 0 saturated carbocycles. The number of thiazole rings is 1. The summed E-state index contributed by atoms with van der Waals surface area (Å²) in [6, 6.07) is 3.57. The number of carbonyl (C=O) groups excluding carboxylic acids is 1. The molecule has 0 amide bonds. The predicted molar refractivity (Wildman–Crippen MR) is 68.1 cm³/mol. The van der Waals surface area contributed by atoms with Crippen LogP contribution in [0.15, 0.2) is 22.3 Å². The maximum atomic E-state index is 11.5. The highest BCUT2D eigenvalue weighted by atomic mass is 32.1. The molecule has 6 heteroatoms. The van der Waals surface area contributed by atoms with E-state index in [0.29, 0.717) is 11.4 Å². The molecule has 2 aromatic rings. The quantitative estimate of drug-likeness (QED) is 0.802. The lowest BCUT2D eigenvalue weighted by atomic mass is 10.4. The summed E-state index contributed by atoms with van der Waals surface area (Å²) in [5.74, 6) is -0.337. The van der Waals surface area contributed by atoms with Gasteiger partial charge in [-0.3, -0.25) is 9.36 Å². The summed E-state index contributed by atoms with van der Waals surface area (Å²) in [7, 11) is 1.36. The molecule has 0 aliphatic rings. The van der Waals surface area contributed by atoms with Gasteiger partial charge in [-0.25, -0.2) is 4.79 Å². The van der Waals surface area contributed by atoms with Gasteiger partial charge in [-0.15, -0.1) is 11.3 Å². The lowest BCUT2D eigenvalue weighted by molar-refractivity contribution is 0.0606. The van der Waals surface area contributed by atoms with Crippen molar-refractivity contribution in [2.24, 2.45) is 0 Å². The molecule has 0 saturated heterocycles. The Morgan fingerprint density at radius 2 is 2.24 bits per heavy atom. The summed E-state index contributed by atoms with van der Waals surface area (Å²) >= 11 is 2.54. The molecule has 90 valence electrons. The summed E-state index contributed by atoms with van der Waals surface area (Å²) in [4.78, 5) is 24.4. The molecule has 0 bridgehead atoms. The second kappa shape index (κ2) is 4.85. The minimum absolute atomic E-state index is 0.0236. The first-order valence-electron chi connectivity index (χ1n) is 4.94. The van der Waals surface area contributed by atoms with Crippen LogP contribution in [0.4, 0.5) is 0 Å². The fourth-order valence-electron chi connectivity index (χ4n) is 1.43. The molecule has 17 heavy (non-hydrogen) atoms. The van der Waals surface area contributed by atoms with Gasteiger partial charge in [0.25, 0.3) is 0 Å². The maximum Gasteiger partial charge on any atom is 0.348 e. The molecule has 0 N–H and O–H groups in total. The van der Waals surface area contributed by atoms with Crippen LogP contribution in [-0.4, -0.2) is 17.6 Å². The van der Waals surface area contributed by atoms with Crippen molar-refractivity contribution in [2.75, 3.05) is 7.11 Å². The molecular formula is C11H11NO3S2. The van der Waals surface area contributed by atoms with E-state index in [4.69, 9.17) is 0 Å². The van der Waals surface area contributed by atoms with Crippen molar-refractivity contribution in [3.05, 3.63) is 42.6 Å². The van der Waals surface area contributed by atoms with E-state index in [0.717, 1.165) is 10.6 Å². The fraction of sp³-hybridized carbons (Fsp3) is 0.273. The molecule has 0 fully saturated rings. The van der Waals surface area contributed by atoms with Gasteiger partial charge in [-0.2, -0.15) is 0 Å². The van der Waals surface area contributed by atoms with Gasteiger partial charge in [0.2, 0.25) is 0 Å². The van der Waals surface area contributed by atoms with Crippen LogP contribution in [0.3, 0.4) is 0 Å². The van der Waals surface area contributed by atoms with Crippen molar-refractivity contribution in [2.45, 2.75) is 13.5 Å². The lowest BCUT2D eigenvalue weighted by Gasteiger charge is -2.00. The minimum atomic E-state index is -0.337. The summed E-state index contributed by atoms with van der Waals surface area (Å²) in [6.45, 7) is 2.41. The van der Waals surface area contributed by atoms with Crippen LogP contribution in [0.1, 0.15) is 20.2 Å². The van der Waals surface area contributed by atoms with E-state index in [1.54, 1.807) is 10.6 Å². The Labute approximate surface area is 106 Å². The molecule has 0 aliphatic heterocycles. The van der Waals surface area contributed by atoms with Gasteiger partial charge in [0, 0.05) is 16.0 Å². The average molecular weight is 269 g/mol. The standard InChI is InChI=1S/C11H11NO3S2/c1-7-6-16-11(14)12(7)5-8-3-4-9(17-8)10(13)15-2/h3-4,6H,5H2,1-2H3. The van der Waals surface area contributed by atoms with Crippen LogP contribution in [0.25, 0.3) is 0 Å². The second-order valence-corrected chi connectivity index (χ2v) is 5.48. The van der Waals surface area contributed by atoms with Crippen molar-refractivity contribution < 1.29 is 9.53 Å². The minimum Gasteiger partial charge on any atom is -0.465 e. The monoisotopic (exact) mass is 269 g/mol. The first-order valence-corrected chi connectivity index (χ1v) is 6.63. The number of aryl methyl sites for hydroxylation is 1. The van der Waals surface area contributed by atoms with E-state index in [1.807, 2.05) is 18.4 Å². The molecule has 2 rings (SSSR count). The third kappa shape index (κ3) is 2.48. The van der Waals surface area contributed by atoms with Crippen LogP contribution in [0.5, 0.6) is 0 Å². The van der Waals surface area contributed by atoms with Gasteiger partial charge >= 0.3 is 10.8 Å². The smallest absolute Gasteiger partial charge is 0.348 e. The first kappa shape index (κ1) is 12.1. The predicted octanol–water partition coefficient (Wildman–Crippen LogP) is 2.11. The highest BCUT2D eigenvalue weighted by Gasteiger charge is 2.10. The number of thiophene rings is 1. The van der Waals surface area contributed by atoms with Crippen LogP contribution < -0.4 is 4.87 Å². The molecule has 0 unspecified atom stereocenters. The van der Waals surface area contributed by atoms with E-state index in [9.17, 15) is 9.59 Å². The number of ether oxygens (including phenoxy) is 1. The third-order valence-electron chi connectivity index (χ3n) is 2.34. The largest absolute Gasteiger partial charge is 0.465 e. The molecule has 0 radical (unpaired) electrons. The highest BCUT2D eigenvalue weighted by molar-refractivity contribution is 7.14. The molecular weight excluding hydrogens is 258 g/mol. The Balaban J connectivity index is 2.23. The Morgan fingerprint density at radius 1 is 1.47 bits per heavy atom.